The van der Waals surface area contributed by atoms with Gasteiger partial charge in [0, 0.05) is 74.9 Å². The number of methoxy groups -OCH3 is 1. The number of alkyl halides is 2. The lowest BCUT2D eigenvalue weighted by molar-refractivity contribution is -0.133. The second-order valence-corrected chi connectivity index (χ2v) is 14.5. The van der Waals surface area contributed by atoms with Gasteiger partial charge in [-0.1, -0.05) is 0 Å². The highest BCUT2D eigenvalue weighted by Crippen LogP contribution is 2.38. The molecule has 1 aromatic carbocycles. The van der Waals surface area contributed by atoms with E-state index in [1.54, 1.807) is 58.5 Å². The van der Waals surface area contributed by atoms with E-state index < -0.39 is 18.6 Å². The van der Waals surface area contributed by atoms with Crippen LogP contribution in [0.5, 0.6) is 5.75 Å². The molecule has 15 nitrogen and oxygen atoms in total. The van der Waals surface area contributed by atoms with Gasteiger partial charge in [0.15, 0.2) is 5.65 Å². The van der Waals surface area contributed by atoms with Gasteiger partial charge in [-0.25, -0.2) is 19.7 Å². The Kier molecular flexibility index (Phi) is 11.0. The normalized spacial score (nSPS) is 20.3. The van der Waals surface area contributed by atoms with Crippen LogP contribution in [0.3, 0.4) is 0 Å². The van der Waals surface area contributed by atoms with E-state index >= 15 is 0 Å². The second kappa shape index (κ2) is 16.0. The van der Waals surface area contributed by atoms with Gasteiger partial charge in [0.25, 0.3) is 5.91 Å². The van der Waals surface area contributed by atoms with Crippen LogP contribution in [-0.4, -0.2) is 137 Å². The number of piperazine rings is 1. The highest BCUT2D eigenvalue weighted by Gasteiger charge is 2.34. The molecule has 0 aliphatic carbocycles. The predicted molar refractivity (Wildman–Crippen MR) is 184 cm³/mol. The topological polar surface area (TPSA) is 146 Å². The zero-order chi connectivity index (χ0) is 36.2. The number of hydrogen-bond acceptors (Lipinski definition) is 12. The van der Waals surface area contributed by atoms with Gasteiger partial charge in [0.2, 0.25) is 5.91 Å². The van der Waals surface area contributed by atoms with E-state index in [4.69, 9.17) is 14.2 Å². The van der Waals surface area contributed by atoms with E-state index in [2.05, 4.69) is 25.7 Å². The summed E-state index contributed by atoms with van der Waals surface area (Å²) in [5, 5.41) is 8.94. The van der Waals surface area contributed by atoms with Gasteiger partial charge in [-0.15, -0.1) is 11.8 Å². The number of nitrogens with zero attached hydrogens (tertiary/aromatic N) is 7. The molecule has 6 heterocycles. The number of hydrogen-bond donors (Lipinski definition) is 2. The van der Waals surface area contributed by atoms with Crippen molar-refractivity contribution in [3.05, 3.63) is 65.9 Å². The summed E-state index contributed by atoms with van der Waals surface area (Å²) in [6.45, 7) is 3.02. The number of nitrogens with one attached hydrogen (secondary N) is 2. The molecule has 278 valence electrons. The molecular formula is C34H41F2N9O6S. The van der Waals surface area contributed by atoms with Gasteiger partial charge in [-0.3, -0.25) is 14.5 Å². The summed E-state index contributed by atoms with van der Waals surface area (Å²) < 4.78 is 43.8. The van der Waals surface area contributed by atoms with Crippen LogP contribution in [0.4, 0.5) is 13.6 Å². The van der Waals surface area contributed by atoms with Gasteiger partial charge in [-0.05, 0) is 43.0 Å². The molecule has 0 radical (unpaired) electrons. The molecule has 3 aromatic rings. The molecule has 2 N–H and O–H groups in total. The number of carbonyl (C=O) groups excluding carboxylic acids is 3. The minimum Gasteiger partial charge on any atom is -0.453 e. The smallest absolute Gasteiger partial charge is 0.409 e. The molecule has 0 saturated carbocycles. The number of thioether (sulfide) groups is 1. The van der Waals surface area contributed by atoms with Gasteiger partial charge in [0.1, 0.15) is 17.9 Å². The van der Waals surface area contributed by atoms with Crippen LogP contribution in [0.25, 0.3) is 5.65 Å². The average Bonchev–Trinajstić information content (AvgIpc) is 3.74. The number of rotatable bonds is 11. The molecule has 0 bridgehead atoms. The third-order valence-electron chi connectivity index (χ3n) is 9.70. The number of halogens is 2. The minimum absolute atomic E-state index is 0.0484. The number of ether oxygens (including phenoxy) is 3. The van der Waals surface area contributed by atoms with Crippen molar-refractivity contribution in [1.29, 1.82) is 0 Å². The number of aromatic nitrogens is 3. The summed E-state index contributed by atoms with van der Waals surface area (Å²) in [6, 6.07) is 5.85. The van der Waals surface area contributed by atoms with Crippen LogP contribution in [0.1, 0.15) is 34.8 Å². The fraction of sp³-hybridized carbons (Fsp3) is 0.500. The highest BCUT2D eigenvalue weighted by molar-refractivity contribution is 8.00. The Morgan fingerprint density at radius 3 is 2.60 bits per heavy atom. The van der Waals surface area contributed by atoms with Crippen molar-refractivity contribution in [2.24, 2.45) is 5.92 Å². The molecule has 4 aliphatic heterocycles. The van der Waals surface area contributed by atoms with Crippen molar-refractivity contribution in [1.82, 2.24) is 45.0 Å². The molecule has 1 unspecified atom stereocenters. The maximum absolute atomic E-state index is 13.6. The van der Waals surface area contributed by atoms with Crippen LogP contribution in [0, 0.1) is 5.92 Å². The zero-order valence-electron chi connectivity index (χ0n) is 28.7. The SMILES string of the molecule is COC(=O)N1CCN(CC2CCN(C(=O)CN3C=C(NC(=O)c4cnn5cccnc45)C(c4cc(SC5COC5)ccc4OC(F)F)N3)CC2)CC1. The molecule has 7 rings (SSSR count). The van der Waals surface area contributed by atoms with Crippen LogP contribution < -0.4 is 15.5 Å². The Bertz CT molecular complexity index is 1790. The number of benzene rings is 1. The average molecular weight is 742 g/mol. The first-order valence-electron chi connectivity index (χ1n) is 17.2. The lowest BCUT2D eigenvalue weighted by Crippen LogP contribution is -2.51. The van der Waals surface area contributed by atoms with Gasteiger partial charge in [-0.2, -0.15) is 13.9 Å². The highest BCUT2D eigenvalue weighted by atomic mass is 32.2. The Morgan fingerprint density at radius 1 is 1.10 bits per heavy atom. The second-order valence-electron chi connectivity index (χ2n) is 13.1. The van der Waals surface area contributed by atoms with Crippen molar-refractivity contribution in [2.45, 2.75) is 35.6 Å². The summed E-state index contributed by atoms with van der Waals surface area (Å²) in [5.41, 5.74) is 4.54. The first-order valence-corrected chi connectivity index (χ1v) is 18.1. The summed E-state index contributed by atoms with van der Waals surface area (Å²) in [4.78, 5) is 50.1. The quantitative estimate of drug-likeness (QED) is 0.298. The van der Waals surface area contributed by atoms with E-state index in [0.29, 0.717) is 62.2 Å². The third-order valence-corrected chi connectivity index (χ3v) is 10.8. The predicted octanol–water partition coefficient (Wildman–Crippen LogP) is 2.58. The molecule has 3 saturated heterocycles. The lowest BCUT2D eigenvalue weighted by Gasteiger charge is -2.38. The fourth-order valence-corrected chi connectivity index (χ4v) is 7.91. The van der Waals surface area contributed by atoms with Crippen LogP contribution in [-0.2, 0) is 14.3 Å². The van der Waals surface area contributed by atoms with E-state index in [-0.39, 0.29) is 35.1 Å². The Balaban J connectivity index is 1.04. The molecule has 3 fully saturated rings. The van der Waals surface area contributed by atoms with Crippen LogP contribution in [0.2, 0.25) is 0 Å². The number of hydrazine groups is 1. The molecule has 1 atom stereocenters. The van der Waals surface area contributed by atoms with Crippen molar-refractivity contribution in [3.8, 4) is 5.75 Å². The van der Waals surface area contributed by atoms with E-state index in [9.17, 15) is 23.2 Å². The maximum atomic E-state index is 13.6. The molecule has 2 aromatic heterocycles. The molecule has 3 amide bonds. The zero-order valence-corrected chi connectivity index (χ0v) is 29.5. The Morgan fingerprint density at radius 2 is 1.88 bits per heavy atom. The molecule has 52 heavy (non-hydrogen) atoms. The van der Waals surface area contributed by atoms with Gasteiger partial charge < -0.3 is 34.3 Å². The summed E-state index contributed by atoms with van der Waals surface area (Å²) in [7, 11) is 1.39. The van der Waals surface area contributed by atoms with E-state index in [0.717, 1.165) is 37.4 Å². The first-order chi connectivity index (χ1) is 25.2. The van der Waals surface area contributed by atoms with Gasteiger partial charge in [0.05, 0.1) is 43.5 Å². The fourth-order valence-electron chi connectivity index (χ4n) is 6.85. The maximum Gasteiger partial charge on any atom is 0.409 e. The summed E-state index contributed by atoms with van der Waals surface area (Å²) >= 11 is 1.57. The monoisotopic (exact) mass is 741 g/mol. The molecule has 4 aliphatic rings. The number of likely N-dealkylation sites (tertiary alicyclic amines) is 1. The van der Waals surface area contributed by atoms with E-state index in [1.165, 1.54) is 23.9 Å². The van der Waals surface area contributed by atoms with Crippen LogP contribution in [0.15, 0.2) is 59.6 Å². The number of fused-ring (bicyclic) bond motifs is 1. The lowest BCUT2D eigenvalue weighted by atomic mass is 9.96. The third kappa shape index (κ3) is 8.24. The number of amides is 3. The summed E-state index contributed by atoms with van der Waals surface area (Å²) in [5.74, 6) is -0.224. The van der Waals surface area contributed by atoms with Crippen molar-refractivity contribution in [2.75, 3.05) is 72.7 Å². The van der Waals surface area contributed by atoms with E-state index in [1.807, 2.05) is 4.90 Å². The molecular weight excluding hydrogens is 700 g/mol. The van der Waals surface area contributed by atoms with Gasteiger partial charge >= 0.3 is 12.7 Å². The summed E-state index contributed by atoms with van der Waals surface area (Å²) in [6.07, 6.45) is 7.67. The standard InChI is InChI=1S/C34H41F2N9O6S/c1-49-34(48)43-13-11-41(12-14-43)17-22-5-9-42(10-6-22)29(46)19-44-18-27(39-32(47)26-16-38-45-8-2-7-37-31(26)45)30(40-44)25-15-23(52-24-20-50-21-24)3-4-28(25)51-33(35)36/h2-4,7-8,15-16,18,22,24,30,33,40H,5-6,9-14,17,19-21H2,1H3,(H,39,47). The van der Waals surface area contributed by atoms with Crippen LogP contribution >= 0.6 is 11.8 Å². The van der Waals surface area contributed by atoms with Crippen molar-refractivity contribution < 1.29 is 37.4 Å². The van der Waals surface area contributed by atoms with Crippen molar-refractivity contribution >= 4 is 35.3 Å². The number of carbonyl (C=O) groups is 3. The Labute approximate surface area is 303 Å². The number of piperidine rings is 1. The van der Waals surface area contributed by atoms with Crippen molar-refractivity contribution in [3.63, 3.8) is 0 Å². The minimum atomic E-state index is -3.07. The largest absolute Gasteiger partial charge is 0.453 e. The molecule has 0 spiro atoms. The first kappa shape index (κ1) is 35.9. The molecule has 18 heteroatoms. The Hall–Kier alpha value is -4.52.